The van der Waals surface area contributed by atoms with Gasteiger partial charge in [-0.3, -0.25) is 4.57 Å². The molecule has 5 aromatic carbocycles. The Morgan fingerprint density at radius 2 is 1.29 bits per heavy atom. The molecule has 7 aromatic rings. The molecule has 2 heterocycles. The molecular weight excluding hydrogens is 462 g/mol. The number of rotatable bonds is 2. The topological polar surface area (TPSA) is 30.7 Å². The van der Waals surface area contributed by atoms with Crippen LogP contribution >= 0.6 is 0 Å². The molecule has 0 amide bonds. The maximum Gasteiger partial charge on any atom is 0.235 e. The zero-order valence-electron chi connectivity index (χ0n) is 21.3. The molecular formula is C35H25N3. The fourth-order valence-electron chi connectivity index (χ4n) is 6.17. The summed E-state index contributed by atoms with van der Waals surface area (Å²) < 4.78 is 2.25. The van der Waals surface area contributed by atoms with Crippen molar-refractivity contribution in [2.45, 2.75) is 19.3 Å². The first-order valence-corrected chi connectivity index (χ1v) is 13.1. The summed E-state index contributed by atoms with van der Waals surface area (Å²) in [5, 5.41) is 7.35. The first-order valence-electron chi connectivity index (χ1n) is 13.1. The third-order valence-corrected chi connectivity index (χ3v) is 8.02. The van der Waals surface area contributed by atoms with Gasteiger partial charge in [-0.2, -0.15) is 0 Å². The molecule has 0 aliphatic heterocycles. The maximum atomic E-state index is 5.35. The van der Waals surface area contributed by atoms with E-state index in [2.05, 4.69) is 134 Å². The van der Waals surface area contributed by atoms with Crippen molar-refractivity contribution in [3.63, 3.8) is 0 Å². The summed E-state index contributed by atoms with van der Waals surface area (Å²) >= 11 is 0. The number of hydrogen-bond acceptors (Lipinski definition) is 2. The summed E-state index contributed by atoms with van der Waals surface area (Å²) in [6, 6.07) is 36.7. The Hall–Kier alpha value is -4.76. The number of nitrogens with zero attached hydrogens (tertiary/aromatic N) is 3. The molecule has 0 saturated heterocycles. The van der Waals surface area contributed by atoms with Crippen molar-refractivity contribution < 1.29 is 0 Å². The highest BCUT2D eigenvalue weighted by Gasteiger charge is 2.31. The first kappa shape index (κ1) is 21.3. The molecule has 0 saturated carbocycles. The molecule has 0 N–H and O–H groups in total. The lowest BCUT2D eigenvalue weighted by molar-refractivity contribution is 0.651. The molecule has 3 nitrogen and oxygen atoms in total. The van der Waals surface area contributed by atoms with Gasteiger partial charge in [0.25, 0.3) is 0 Å². The lowest BCUT2D eigenvalue weighted by atomic mass is 9.90. The van der Waals surface area contributed by atoms with Gasteiger partial charge in [-0.15, -0.1) is 0 Å². The van der Waals surface area contributed by atoms with Crippen LogP contribution in [0.3, 0.4) is 0 Å². The van der Waals surface area contributed by atoms with Crippen LogP contribution in [0.25, 0.3) is 66.6 Å². The van der Waals surface area contributed by atoms with Gasteiger partial charge in [0.15, 0.2) is 0 Å². The fourth-order valence-corrected chi connectivity index (χ4v) is 6.17. The molecule has 0 fully saturated rings. The van der Waals surface area contributed by atoms with Crippen LogP contribution in [-0.2, 0) is 5.41 Å². The minimum atomic E-state index is -0.183. The van der Waals surface area contributed by atoms with Gasteiger partial charge >= 0.3 is 0 Å². The highest BCUT2D eigenvalue weighted by molar-refractivity contribution is 6.21. The average molecular weight is 488 g/mol. The summed E-state index contributed by atoms with van der Waals surface area (Å²) in [4.78, 5) is 10.6. The van der Waals surface area contributed by atoms with Crippen molar-refractivity contribution in [2.75, 3.05) is 0 Å². The Kier molecular flexibility index (Phi) is 4.28. The van der Waals surface area contributed by atoms with E-state index in [-0.39, 0.29) is 5.41 Å². The quantitative estimate of drug-likeness (QED) is 0.244. The van der Waals surface area contributed by atoms with Gasteiger partial charge in [0, 0.05) is 27.3 Å². The monoisotopic (exact) mass is 487 g/mol. The predicted octanol–water partition coefficient (Wildman–Crippen LogP) is 8.85. The van der Waals surface area contributed by atoms with Crippen molar-refractivity contribution in [2.24, 2.45) is 0 Å². The molecule has 1 aliphatic rings. The lowest BCUT2D eigenvalue weighted by Crippen LogP contribution is -2.16. The van der Waals surface area contributed by atoms with Gasteiger partial charge < -0.3 is 0 Å². The number of allylic oxidation sites excluding steroid dienone is 1. The van der Waals surface area contributed by atoms with Crippen LogP contribution in [0.1, 0.15) is 25.1 Å². The summed E-state index contributed by atoms with van der Waals surface area (Å²) in [5.41, 5.74) is 6.35. The Bertz CT molecular complexity index is 2100. The zero-order chi connectivity index (χ0) is 25.4. The van der Waals surface area contributed by atoms with Crippen LogP contribution in [0.5, 0.6) is 0 Å². The Balaban J connectivity index is 1.52. The molecule has 1 aliphatic carbocycles. The van der Waals surface area contributed by atoms with Gasteiger partial charge in [-0.25, -0.2) is 9.97 Å². The minimum Gasteiger partial charge on any atom is -0.278 e. The van der Waals surface area contributed by atoms with E-state index >= 15 is 0 Å². The van der Waals surface area contributed by atoms with Crippen LogP contribution in [0.2, 0.25) is 0 Å². The standard InChI is InChI=1S/C35H25N3/c1-35(2)21-20-28-32(26-16-9-12-22-10-3-5-13-24(22)26)36-34(37-33(28)35)38-29-17-8-7-15-27(29)31-25-14-6-4-11-23(25)18-19-30(31)38/h3-21H,1-2H3. The Morgan fingerprint density at radius 1 is 0.605 bits per heavy atom. The van der Waals surface area contributed by atoms with Crippen LogP contribution in [0.4, 0.5) is 0 Å². The molecule has 180 valence electrons. The highest BCUT2D eigenvalue weighted by atomic mass is 15.2. The van der Waals surface area contributed by atoms with Gasteiger partial charge in [0.1, 0.15) is 0 Å². The molecule has 8 rings (SSSR count). The largest absolute Gasteiger partial charge is 0.278 e. The summed E-state index contributed by atoms with van der Waals surface area (Å²) in [6.45, 7) is 4.47. The number of hydrogen-bond donors (Lipinski definition) is 0. The molecule has 0 atom stereocenters. The molecule has 0 radical (unpaired) electrons. The summed E-state index contributed by atoms with van der Waals surface area (Å²) in [6.07, 6.45) is 4.46. The van der Waals surface area contributed by atoms with Crippen LogP contribution in [0, 0.1) is 0 Å². The van der Waals surface area contributed by atoms with E-state index < -0.39 is 0 Å². The second-order valence-electron chi connectivity index (χ2n) is 10.7. The highest BCUT2D eigenvalue weighted by Crippen LogP contribution is 2.42. The van der Waals surface area contributed by atoms with Crippen molar-refractivity contribution in [1.82, 2.24) is 14.5 Å². The van der Waals surface area contributed by atoms with Gasteiger partial charge in [-0.05, 0) is 33.7 Å². The van der Waals surface area contributed by atoms with Gasteiger partial charge in [0.05, 0.1) is 22.4 Å². The summed E-state index contributed by atoms with van der Waals surface area (Å²) in [7, 11) is 0. The van der Waals surface area contributed by atoms with E-state index in [1.54, 1.807) is 0 Å². The van der Waals surface area contributed by atoms with Crippen LogP contribution in [0.15, 0.2) is 109 Å². The molecule has 38 heavy (non-hydrogen) atoms. The van der Waals surface area contributed by atoms with Crippen LogP contribution < -0.4 is 0 Å². The van der Waals surface area contributed by atoms with Crippen molar-refractivity contribution >= 4 is 49.4 Å². The van der Waals surface area contributed by atoms with Crippen molar-refractivity contribution in [3.05, 3.63) is 120 Å². The Labute approximate surface area is 220 Å². The fraction of sp³-hybridized carbons (Fsp3) is 0.0857. The van der Waals surface area contributed by atoms with Crippen molar-refractivity contribution in [3.8, 4) is 17.2 Å². The third kappa shape index (κ3) is 2.90. The third-order valence-electron chi connectivity index (χ3n) is 8.02. The van der Waals surface area contributed by atoms with E-state index in [9.17, 15) is 0 Å². The maximum absolute atomic E-state index is 5.35. The molecule has 0 unspecified atom stereocenters. The first-order chi connectivity index (χ1) is 18.6. The van der Waals surface area contributed by atoms with Gasteiger partial charge in [-0.1, -0.05) is 117 Å². The minimum absolute atomic E-state index is 0.183. The molecule has 2 aromatic heterocycles. The zero-order valence-corrected chi connectivity index (χ0v) is 21.3. The number of para-hydroxylation sites is 1. The normalized spacial score (nSPS) is 14.2. The Morgan fingerprint density at radius 3 is 2.13 bits per heavy atom. The van der Waals surface area contributed by atoms with Crippen molar-refractivity contribution in [1.29, 1.82) is 0 Å². The summed E-state index contributed by atoms with van der Waals surface area (Å²) in [5.74, 6) is 0.713. The average Bonchev–Trinajstić information content (AvgIpc) is 3.46. The van der Waals surface area contributed by atoms with Gasteiger partial charge in [0.2, 0.25) is 5.95 Å². The molecule has 3 heteroatoms. The van der Waals surface area contributed by atoms with E-state index in [4.69, 9.17) is 9.97 Å². The molecule has 0 spiro atoms. The smallest absolute Gasteiger partial charge is 0.235 e. The van der Waals surface area contributed by atoms with E-state index in [1.807, 2.05) is 0 Å². The second-order valence-corrected chi connectivity index (χ2v) is 10.7. The van der Waals surface area contributed by atoms with Crippen LogP contribution in [-0.4, -0.2) is 14.5 Å². The van der Waals surface area contributed by atoms with E-state index in [1.165, 1.54) is 32.3 Å². The molecule has 0 bridgehead atoms. The van der Waals surface area contributed by atoms with E-state index in [0.717, 1.165) is 33.5 Å². The second kappa shape index (κ2) is 7.62. The van der Waals surface area contributed by atoms with E-state index in [0.29, 0.717) is 5.95 Å². The lowest BCUT2D eigenvalue weighted by Gasteiger charge is -2.20. The number of benzene rings is 5. The SMILES string of the molecule is CC1(C)C=Cc2c(-c3cccc4ccccc34)nc(-n3c4ccccc4c4c5ccccc5ccc43)nc21. The number of aromatic nitrogens is 3. The number of fused-ring (bicyclic) bond motifs is 7. The predicted molar refractivity (Wildman–Crippen MR) is 159 cm³/mol.